The van der Waals surface area contributed by atoms with Gasteiger partial charge in [0.15, 0.2) is 0 Å². The molecule has 7 heteroatoms. The number of benzene rings is 1. The monoisotopic (exact) mass is 352 g/mol. The molecule has 1 N–H and O–H groups in total. The molecule has 2 rings (SSSR count). The Morgan fingerprint density at radius 2 is 1.92 bits per heavy atom. The van der Waals surface area contributed by atoms with Crippen molar-refractivity contribution in [2.24, 2.45) is 5.92 Å². The van der Waals surface area contributed by atoms with Crippen molar-refractivity contribution in [2.75, 3.05) is 32.0 Å². The fourth-order valence-corrected chi connectivity index (χ4v) is 3.61. The highest BCUT2D eigenvalue weighted by Gasteiger charge is 2.28. The van der Waals surface area contributed by atoms with E-state index in [0.717, 1.165) is 4.90 Å². The Morgan fingerprint density at radius 1 is 1.25 bits per heavy atom. The van der Waals surface area contributed by atoms with Crippen molar-refractivity contribution in [3.8, 4) is 0 Å². The molecule has 1 heterocycles. The molecule has 0 radical (unpaired) electrons. The maximum absolute atomic E-state index is 12.1. The molecule has 0 bridgehead atoms. The van der Waals surface area contributed by atoms with E-state index in [2.05, 4.69) is 5.32 Å². The van der Waals surface area contributed by atoms with Gasteiger partial charge in [-0.2, -0.15) is 0 Å². The largest absolute Gasteiger partial charge is 0.466 e. The van der Waals surface area contributed by atoms with Crippen LogP contribution < -0.4 is 5.32 Å². The van der Waals surface area contributed by atoms with Crippen molar-refractivity contribution in [1.29, 1.82) is 0 Å². The van der Waals surface area contributed by atoms with Gasteiger partial charge in [-0.3, -0.25) is 9.00 Å². The second-order valence-corrected chi connectivity index (χ2v) is 7.18. The van der Waals surface area contributed by atoms with Crippen LogP contribution in [0.25, 0.3) is 0 Å². The zero-order valence-corrected chi connectivity index (χ0v) is 14.7. The molecule has 2 amide bonds. The number of nitrogens with zero attached hydrogens (tertiary/aromatic N) is 1. The minimum absolute atomic E-state index is 0.111. The van der Waals surface area contributed by atoms with E-state index in [-0.39, 0.29) is 17.9 Å². The van der Waals surface area contributed by atoms with Gasteiger partial charge in [-0.05, 0) is 31.9 Å². The summed E-state index contributed by atoms with van der Waals surface area (Å²) in [4.78, 5) is 26.3. The number of urea groups is 1. The van der Waals surface area contributed by atoms with Crippen LogP contribution in [-0.4, -0.2) is 53.1 Å². The molecule has 132 valence electrons. The lowest BCUT2D eigenvalue weighted by Gasteiger charge is -2.30. The number of nitrogens with one attached hydrogen (secondary N) is 1. The first-order chi connectivity index (χ1) is 11.6. The molecule has 1 aromatic rings. The van der Waals surface area contributed by atoms with Gasteiger partial charge in [0.25, 0.3) is 0 Å². The van der Waals surface area contributed by atoms with Crippen LogP contribution in [0.1, 0.15) is 19.8 Å². The topological polar surface area (TPSA) is 75.7 Å². The Balaban J connectivity index is 1.68. The highest BCUT2D eigenvalue weighted by Crippen LogP contribution is 2.18. The Kier molecular flexibility index (Phi) is 7.24. The molecular formula is C17H24N2O4S. The maximum Gasteiger partial charge on any atom is 0.317 e. The molecule has 1 aliphatic heterocycles. The first-order valence-corrected chi connectivity index (χ1v) is 9.56. The third-order valence-corrected chi connectivity index (χ3v) is 5.34. The van der Waals surface area contributed by atoms with Crippen LogP contribution in [0.5, 0.6) is 0 Å². The van der Waals surface area contributed by atoms with Crippen molar-refractivity contribution in [3.05, 3.63) is 30.3 Å². The van der Waals surface area contributed by atoms with Crippen LogP contribution in [0, 0.1) is 5.92 Å². The Bertz CT molecular complexity index is 571. The van der Waals surface area contributed by atoms with E-state index in [1.54, 1.807) is 11.8 Å². The summed E-state index contributed by atoms with van der Waals surface area (Å²) in [7, 11) is -1.11. The first kappa shape index (κ1) is 18.4. The number of esters is 1. The SMILES string of the molecule is CCOC(=O)C1CCN(C(=O)NCCS(=O)c2ccccc2)CC1. The van der Waals surface area contributed by atoms with E-state index >= 15 is 0 Å². The number of carbonyl (C=O) groups is 2. The highest BCUT2D eigenvalue weighted by atomic mass is 32.2. The Hall–Kier alpha value is -1.89. The minimum atomic E-state index is -1.11. The number of hydrogen-bond donors (Lipinski definition) is 1. The average Bonchev–Trinajstić information content (AvgIpc) is 2.62. The standard InChI is InChI=1S/C17H24N2O4S/c1-2-23-16(20)14-8-11-19(12-9-14)17(21)18-10-13-24(22)15-6-4-3-5-7-15/h3-7,14H,2,8-13H2,1H3,(H,18,21). The summed E-state index contributed by atoms with van der Waals surface area (Å²) in [6.45, 7) is 3.62. The average molecular weight is 352 g/mol. The smallest absolute Gasteiger partial charge is 0.317 e. The predicted octanol–water partition coefficient (Wildman–Crippen LogP) is 1.78. The fourth-order valence-electron chi connectivity index (χ4n) is 2.63. The molecule has 0 aromatic heterocycles. The van der Waals surface area contributed by atoms with Gasteiger partial charge in [0, 0.05) is 30.3 Å². The fraction of sp³-hybridized carbons (Fsp3) is 0.529. The number of likely N-dealkylation sites (tertiary alicyclic amines) is 1. The van der Waals surface area contributed by atoms with E-state index < -0.39 is 10.8 Å². The molecule has 0 spiro atoms. The van der Waals surface area contributed by atoms with Crippen molar-refractivity contribution < 1.29 is 18.5 Å². The first-order valence-electron chi connectivity index (χ1n) is 8.24. The van der Waals surface area contributed by atoms with Gasteiger partial charge in [0.05, 0.1) is 23.3 Å². The molecular weight excluding hydrogens is 328 g/mol. The number of carbonyl (C=O) groups excluding carboxylic acids is 2. The van der Waals surface area contributed by atoms with Gasteiger partial charge in [0.2, 0.25) is 0 Å². The molecule has 24 heavy (non-hydrogen) atoms. The van der Waals surface area contributed by atoms with Gasteiger partial charge in [-0.1, -0.05) is 18.2 Å². The van der Waals surface area contributed by atoms with Crippen molar-refractivity contribution >= 4 is 22.8 Å². The molecule has 1 atom stereocenters. The van der Waals surface area contributed by atoms with Crippen LogP contribution in [0.3, 0.4) is 0 Å². The molecule has 1 unspecified atom stereocenters. The summed E-state index contributed by atoms with van der Waals surface area (Å²) in [5, 5.41) is 2.80. The van der Waals surface area contributed by atoms with E-state index in [4.69, 9.17) is 4.74 Å². The van der Waals surface area contributed by atoms with Gasteiger partial charge in [0.1, 0.15) is 0 Å². The summed E-state index contributed by atoms with van der Waals surface area (Å²) < 4.78 is 17.1. The van der Waals surface area contributed by atoms with Crippen LogP contribution in [0.2, 0.25) is 0 Å². The summed E-state index contributed by atoms with van der Waals surface area (Å²) in [5.74, 6) is 0.102. The number of piperidine rings is 1. The lowest BCUT2D eigenvalue weighted by Crippen LogP contribution is -2.46. The third kappa shape index (κ3) is 5.33. The van der Waals surface area contributed by atoms with Crippen LogP contribution in [0.4, 0.5) is 4.79 Å². The molecule has 1 aliphatic rings. The van der Waals surface area contributed by atoms with Gasteiger partial charge < -0.3 is 15.0 Å². The molecule has 6 nitrogen and oxygen atoms in total. The number of rotatable bonds is 6. The van der Waals surface area contributed by atoms with E-state index in [1.165, 1.54) is 0 Å². The van der Waals surface area contributed by atoms with Gasteiger partial charge in [-0.25, -0.2) is 4.79 Å². The Labute approximate surface area is 145 Å². The second-order valence-electron chi connectivity index (χ2n) is 5.61. The molecule has 0 saturated carbocycles. The number of amides is 2. The summed E-state index contributed by atoms with van der Waals surface area (Å²) in [6.07, 6.45) is 1.25. The second kappa shape index (κ2) is 9.42. The van der Waals surface area contributed by atoms with Gasteiger partial charge >= 0.3 is 12.0 Å². The quantitative estimate of drug-likeness (QED) is 0.792. The lowest BCUT2D eigenvalue weighted by molar-refractivity contribution is -0.149. The van der Waals surface area contributed by atoms with Crippen molar-refractivity contribution in [2.45, 2.75) is 24.7 Å². The molecule has 0 aliphatic carbocycles. The minimum Gasteiger partial charge on any atom is -0.466 e. The van der Waals surface area contributed by atoms with Gasteiger partial charge in [-0.15, -0.1) is 0 Å². The molecule has 1 aromatic carbocycles. The zero-order chi connectivity index (χ0) is 17.4. The van der Waals surface area contributed by atoms with E-state index in [9.17, 15) is 13.8 Å². The summed E-state index contributed by atoms with van der Waals surface area (Å²) >= 11 is 0. The molecule has 1 saturated heterocycles. The summed E-state index contributed by atoms with van der Waals surface area (Å²) in [5.41, 5.74) is 0. The van der Waals surface area contributed by atoms with Crippen molar-refractivity contribution in [3.63, 3.8) is 0 Å². The van der Waals surface area contributed by atoms with Crippen LogP contribution in [-0.2, 0) is 20.3 Å². The van der Waals surface area contributed by atoms with Crippen LogP contribution in [0.15, 0.2) is 35.2 Å². The number of hydrogen-bond acceptors (Lipinski definition) is 4. The number of ether oxygens (including phenoxy) is 1. The normalized spacial score (nSPS) is 16.5. The predicted molar refractivity (Wildman–Crippen MR) is 92.0 cm³/mol. The Morgan fingerprint density at radius 3 is 2.54 bits per heavy atom. The summed E-state index contributed by atoms with van der Waals surface area (Å²) in [6, 6.07) is 9.04. The third-order valence-electron chi connectivity index (χ3n) is 3.97. The zero-order valence-electron chi connectivity index (χ0n) is 13.9. The lowest BCUT2D eigenvalue weighted by atomic mass is 9.97. The van der Waals surface area contributed by atoms with Crippen molar-refractivity contribution in [1.82, 2.24) is 10.2 Å². The highest BCUT2D eigenvalue weighted by molar-refractivity contribution is 7.85. The van der Waals surface area contributed by atoms with E-state index in [0.29, 0.717) is 44.8 Å². The maximum atomic E-state index is 12.1. The van der Waals surface area contributed by atoms with Crippen LogP contribution >= 0.6 is 0 Å². The van der Waals surface area contributed by atoms with E-state index in [1.807, 2.05) is 30.3 Å². The molecule has 1 fully saturated rings.